The lowest BCUT2D eigenvalue weighted by Gasteiger charge is -2.46. The average molecular weight is 1050 g/mol. The maximum absolute atomic E-state index is 7.31. The molecule has 0 aromatic heterocycles. The lowest BCUT2D eigenvalue weighted by Crippen LogP contribution is -2.48. The predicted molar refractivity (Wildman–Crippen MR) is 276 cm³/mol. The SMILES string of the molecule is [C-]#[N+]CC1(C(C)(C)C)CCN(Cc2ccc(Br)cc2)CC1.[C-]#[N+]CC1(C(C)(C)C)CCN(Cc2cccc(Br)c2)CC1.[C-]#[N+]CC1(C(C)(C)C)CCN(Cc2ccccc2Br)CC1. The van der Waals surface area contributed by atoms with E-state index in [4.69, 9.17) is 19.7 Å². The van der Waals surface area contributed by atoms with Crippen molar-refractivity contribution in [3.05, 3.63) is 137 Å². The third-order valence-electron chi connectivity index (χ3n) is 15.3. The fourth-order valence-corrected chi connectivity index (χ4v) is 11.0. The molecule has 0 unspecified atom stereocenters. The number of rotatable bonds is 9. The van der Waals surface area contributed by atoms with Crippen molar-refractivity contribution in [1.29, 1.82) is 0 Å². The summed E-state index contributed by atoms with van der Waals surface area (Å²) in [4.78, 5) is 18.8. The molecule has 6 nitrogen and oxygen atoms in total. The maximum atomic E-state index is 7.31. The number of likely N-dealkylation sites (tertiary alicyclic amines) is 3. The molecule has 0 spiro atoms. The zero-order valence-corrected chi connectivity index (χ0v) is 44.7. The molecule has 0 N–H and O–H groups in total. The molecule has 3 fully saturated rings. The Balaban J connectivity index is 0.000000207. The Kier molecular flexibility index (Phi) is 19.6. The van der Waals surface area contributed by atoms with Crippen LogP contribution < -0.4 is 0 Å². The average Bonchev–Trinajstić information content (AvgIpc) is 3.21. The van der Waals surface area contributed by atoms with Gasteiger partial charge >= 0.3 is 0 Å². The first-order chi connectivity index (χ1) is 29.6. The normalized spacial score (nSPS) is 19.2. The molecule has 3 heterocycles. The van der Waals surface area contributed by atoms with E-state index >= 15 is 0 Å². The van der Waals surface area contributed by atoms with Crippen molar-refractivity contribution >= 4 is 47.8 Å². The van der Waals surface area contributed by atoms with Crippen LogP contribution in [0.3, 0.4) is 0 Å². The van der Waals surface area contributed by atoms with Crippen molar-refractivity contribution in [3.8, 4) is 0 Å². The summed E-state index contributed by atoms with van der Waals surface area (Å²) in [6, 6.07) is 25.6. The van der Waals surface area contributed by atoms with Crippen molar-refractivity contribution in [3.63, 3.8) is 0 Å². The van der Waals surface area contributed by atoms with Gasteiger partial charge in [0.1, 0.15) is 0 Å². The maximum Gasteiger partial charge on any atom is 0.220 e. The summed E-state index contributed by atoms with van der Waals surface area (Å²) in [7, 11) is 0. The summed E-state index contributed by atoms with van der Waals surface area (Å²) in [5, 5.41) is 0. The Labute approximate surface area is 408 Å². The van der Waals surface area contributed by atoms with E-state index in [0.717, 1.165) is 106 Å². The molecule has 0 radical (unpaired) electrons. The van der Waals surface area contributed by atoms with E-state index in [1.54, 1.807) is 0 Å². The molecule has 0 atom stereocenters. The highest BCUT2D eigenvalue weighted by Gasteiger charge is 2.49. The van der Waals surface area contributed by atoms with Crippen LogP contribution in [0.4, 0.5) is 0 Å². The van der Waals surface area contributed by atoms with Gasteiger partial charge in [-0.15, -0.1) is 0 Å². The largest absolute Gasteiger partial charge is 0.316 e. The van der Waals surface area contributed by atoms with Crippen molar-refractivity contribution in [2.24, 2.45) is 32.5 Å². The van der Waals surface area contributed by atoms with Crippen LogP contribution in [-0.4, -0.2) is 73.6 Å². The highest BCUT2D eigenvalue weighted by Crippen LogP contribution is 2.49. The smallest absolute Gasteiger partial charge is 0.220 e. The third-order valence-corrected chi connectivity index (χ3v) is 17.1. The Bertz CT molecular complexity index is 2000. The van der Waals surface area contributed by atoms with Crippen LogP contribution in [0.2, 0.25) is 0 Å². The van der Waals surface area contributed by atoms with E-state index in [2.05, 4.69) is 212 Å². The molecule has 3 aromatic rings. The monoisotopic (exact) mass is 1040 g/mol. The zero-order chi connectivity index (χ0) is 46.5. The highest BCUT2D eigenvalue weighted by molar-refractivity contribution is 9.11. The van der Waals surface area contributed by atoms with Crippen molar-refractivity contribution in [1.82, 2.24) is 14.7 Å². The molecular formula is C54H75Br3N6. The molecule has 0 saturated carbocycles. The van der Waals surface area contributed by atoms with Gasteiger partial charge in [-0.2, -0.15) is 0 Å². The molecule has 63 heavy (non-hydrogen) atoms. The predicted octanol–water partition coefficient (Wildman–Crippen LogP) is 15.0. The molecule has 6 rings (SSSR count). The lowest BCUT2D eigenvalue weighted by atomic mass is 9.61. The van der Waals surface area contributed by atoms with Crippen LogP contribution >= 0.6 is 47.8 Å². The van der Waals surface area contributed by atoms with Gasteiger partial charge in [-0.3, -0.25) is 14.7 Å². The van der Waals surface area contributed by atoms with Gasteiger partial charge in [0.05, 0.1) is 0 Å². The molecular weight excluding hydrogens is 972 g/mol. The summed E-state index contributed by atoms with van der Waals surface area (Å²) in [5.74, 6) is 0. The second-order valence-corrected chi connectivity index (χ2v) is 24.4. The van der Waals surface area contributed by atoms with Gasteiger partial charge in [0.25, 0.3) is 0 Å². The zero-order valence-electron chi connectivity index (χ0n) is 40.0. The van der Waals surface area contributed by atoms with Gasteiger partial charge in [-0.25, -0.2) is 19.7 Å². The van der Waals surface area contributed by atoms with Crippen molar-refractivity contribution in [2.75, 3.05) is 58.9 Å². The summed E-state index contributed by atoms with van der Waals surface area (Å²) >= 11 is 10.7. The summed E-state index contributed by atoms with van der Waals surface area (Å²) in [6.07, 6.45) is 6.79. The molecule has 3 aliphatic rings. The third kappa shape index (κ3) is 14.7. The highest BCUT2D eigenvalue weighted by atomic mass is 79.9. The Morgan fingerprint density at radius 3 is 1.21 bits per heavy atom. The number of hydrogen-bond donors (Lipinski definition) is 0. The van der Waals surface area contributed by atoms with Gasteiger partial charge in [-0.1, -0.05) is 153 Å². The van der Waals surface area contributed by atoms with E-state index in [9.17, 15) is 0 Å². The van der Waals surface area contributed by atoms with E-state index in [-0.39, 0.29) is 32.5 Å². The minimum atomic E-state index is 0.180. The number of halogens is 3. The van der Waals surface area contributed by atoms with Crippen LogP contribution in [0.25, 0.3) is 14.5 Å². The molecule has 3 saturated heterocycles. The van der Waals surface area contributed by atoms with E-state index in [1.165, 1.54) is 21.2 Å². The fraction of sp³-hybridized carbons (Fsp3) is 0.611. The molecule has 0 amide bonds. The van der Waals surface area contributed by atoms with Crippen molar-refractivity contribution in [2.45, 2.75) is 120 Å². The Hall–Kier alpha value is -2.55. The minimum Gasteiger partial charge on any atom is -0.316 e. The fourth-order valence-electron chi connectivity index (χ4n) is 9.92. The Morgan fingerprint density at radius 1 is 0.460 bits per heavy atom. The van der Waals surface area contributed by atoms with Gasteiger partial charge in [0.2, 0.25) is 19.6 Å². The number of hydrogen-bond acceptors (Lipinski definition) is 3. The number of nitrogens with zero attached hydrogens (tertiary/aromatic N) is 6. The van der Waals surface area contributed by atoms with Crippen LogP contribution in [0.5, 0.6) is 0 Å². The Morgan fingerprint density at radius 2 is 0.841 bits per heavy atom. The summed E-state index contributed by atoms with van der Waals surface area (Å²) in [6.45, 7) is 54.2. The van der Waals surface area contributed by atoms with Crippen molar-refractivity contribution < 1.29 is 0 Å². The van der Waals surface area contributed by atoms with E-state index in [0.29, 0.717) is 19.6 Å². The number of piperidine rings is 3. The summed E-state index contributed by atoms with van der Waals surface area (Å²) < 4.78 is 3.47. The second kappa shape index (κ2) is 23.3. The minimum absolute atomic E-state index is 0.180. The van der Waals surface area contributed by atoms with Crippen LogP contribution in [0.1, 0.15) is 118 Å². The molecule has 342 valence electrons. The second-order valence-electron chi connectivity index (χ2n) is 21.7. The van der Waals surface area contributed by atoms with E-state index < -0.39 is 0 Å². The summed E-state index contributed by atoms with van der Waals surface area (Å²) in [5.41, 5.74) is 5.25. The standard InChI is InChI=1S/3C18H25BrN2/c1-17(2,3)18(14-20-4)9-11-21(12-10-18)13-15-5-7-16(19)8-6-15;1-17(2,3)18(14-20-4)8-10-21(11-9-18)13-15-6-5-7-16(19)12-15;1-17(2,3)18(14-20-4)9-11-21(12-10-18)13-15-7-5-6-8-16(15)19/h5-8H,9-14H2,1-3H3;5-7,12H,8-11,13-14H2,1-3H3;5-8H,9-14H2,1-3H3. The molecule has 9 heteroatoms. The topological polar surface area (TPSA) is 22.8 Å². The van der Waals surface area contributed by atoms with Gasteiger partial charge in [0.15, 0.2) is 0 Å². The quantitative estimate of drug-likeness (QED) is 0.200. The molecule has 0 bridgehead atoms. The first-order valence-corrected chi connectivity index (χ1v) is 25.4. The van der Waals surface area contributed by atoms with Gasteiger partial charge in [0, 0.05) is 49.3 Å². The molecule has 3 aliphatic heterocycles. The van der Waals surface area contributed by atoms with Gasteiger partial charge < -0.3 is 14.5 Å². The van der Waals surface area contributed by atoms with Crippen LogP contribution in [-0.2, 0) is 19.6 Å². The molecule has 0 aliphatic carbocycles. The van der Waals surface area contributed by atoms with Crippen LogP contribution in [0.15, 0.2) is 86.2 Å². The van der Waals surface area contributed by atoms with Crippen LogP contribution in [0, 0.1) is 52.2 Å². The first-order valence-electron chi connectivity index (χ1n) is 23.0. The van der Waals surface area contributed by atoms with E-state index in [1.807, 2.05) is 0 Å². The first kappa shape index (κ1) is 53.1. The number of benzene rings is 3. The lowest BCUT2D eigenvalue weighted by molar-refractivity contribution is 0.0172. The van der Waals surface area contributed by atoms with Gasteiger partial charge in [-0.05, 0) is 141 Å². The molecule has 3 aromatic carbocycles.